The normalized spacial score (nSPS) is 20.7. The molecule has 1 aliphatic heterocycles. The van der Waals surface area contributed by atoms with E-state index in [1.165, 1.54) is 29.2 Å². The second kappa shape index (κ2) is 14.2. The maximum Gasteiger partial charge on any atom is 0.529 e. The van der Waals surface area contributed by atoms with E-state index < -0.39 is 56.1 Å². The van der Waals surface area contributed by atoms with Gasteiger partial charge in [0, 0.05) is 12.6 Å². The zero-order valence-electron chi connectivity index (χ0n) is 22.3. The van der Waals surface area contributed by atoms with Crippen molar-refractivity contribution in [3.8, 4) is 0 Å². The summed E-state index contributed by atoms with van der Waals surface area (Å²) < 4.78 is 29.2. The Labute approximate surface area is 248 Å². The Morgan fingerprint density at radius 1 is 1.21 bits per heavy atom. The summed E-state index contributed by atoms with van der Waals surface area (Å²) in [6.45, 7) is 0.924. The fourth-order valence-electron chi connectivity index (χ4n) is 4.12. The van der Waals surface area contributed by atoms with Crippen LogP contribution in [-0.2, 0) is 34.6 Å². The standard InChI is InChI=1S/C27H29BrN3O10P/c1-18(31(21-10-6-3-7-11-21)38-16-19-8-4-2-5-9-19)26(34)41-42(36,37)39-17-23-22(32)14-24(40-23)30-15-20(12-13-28)25(33)29-27(30)35/h2-13,15,18,22-24,32H,14,16-17H2,1H3,(H,36,37)(H,29,33,35)/b13-12+/t18-,22-,23+,24+/m0/s1. The van der Waals surface area contributed by atoms with E-state index in [1.807, 2.05) is 30.3 Å². The summed E-state index contributed by atoms with van der Waals surface area (Å²) in [5, 5.41) is 11.7. The predicted molar refractivity (Wildman–Crippen MR) is 155 cm³/mol. The number of aromatic nitrogens is 2. The highest BCUT2D eigenvalue weighted by Crippen LogP contribution is 2.45. The molecule has 1 aliphatic rings. The first kappa shape index (κ1) is 31.6. The molecular weight excluding hydrogens is 637 g/mol. The monoisotopic (exact) mass is 665 g/mol. The van der Waals surface area contributed by atoms with Crippen molar-refractivity contribution >= 4 is 41.5 Å². The SMILES string of the molecule is C[C@@H](C(=O)OP(=O)(O)OC[C@H]1O[C@@H](n2cc(/C=C/Br)c(=O)[nH]c2=O)C[C@@H]1O)N(OCc1ccccc1)c1ccccc1. The molecule has 0 amide bonds. The molecule has 0 bridgehead atoms. The zero-order valence-corrected chi connectivity index (χ0v) is 24.8. The van der Waals surface area contributed by atoms with Gasteiger partial charge in [0.05, 0.1) is 30.6 Å². The summed E-state index contributed by atoms with van der Waals surface area (Å²) in [5.74, 6) is -1.10. The van der Waals surface area contributed by atoms with Gasteiger partial charge in [-0.1, -0.05) is 64.5 Å². The van der Waals surface area contributed by atoms with E-state index >= 15 is 0 Å². The molecule has 15 heteroatoms. The van der Waals surface area contributed by atoms with Crippen LogP contribution < -0.4 is 16.3 Å². The van der Waals surface area contributed by atoms with Gasteiger partial charge in [0.1, 0.15) is 12.3 Å². The number of benzene rings is 2. The van der Waals surface area contributed by atoms with Gasteiger partial charge in [-0.15, -0.1) is 0 Å². The van der Waals surface area contributed by atoms with Crippen molar-refractivity contribution in [3.63, 3.8) is 0 Å². The van der Waals surface area contributed by atoms with Crippen molar-refractivity contribution in [2.45, 2.75) is 44.4 Å². The summed E-state index contributed by atoms with van der Waals surface area (Å²) in [4.78, 5) is 56.9. The molecule has 5 atom stereocenters. The molecule has 3 N–H and O–H groups in total. The Balaban J connectivity index is 1.38. The van der Waals surface area contributed by atoms with Crippen LogP contribution in [0.15, 0.2) is 81.4 Å². The molecule has 0 radical (unpaired) electrons. The highest BCUT2D eigenvalue weighted by molar-refractivity contribution is 9.11. The molecule has 4 rings (SSSR count). The van der Waals surface area contributed by atoms with Crippen molar-refractivity contribution < 1.29 is 38.0 Å². The summed E-state index contributed by atoms with van der Waals surface area (Å²) in [6.07, 6.45) is -0.729. The molecule has 1 fully saturated rings. The number of nitrogens with zero attached hydrogens (tertiary/aromatic N) is 2. The van der Waals surface area contributed by atoms with Gasteiger partial charge in [0.2, 0.25) is 0 Å². The minimum Gasteiger partial charge on any atom is -0.390 e. The van der Waals surface area contributed by atoms with Crippen molar-refractivity contribution in [1.29, 1.82) is 0 Å². The van der Waals surface area contributed by atoms with Gasteiger partial charge in [0.15, 0.2) is 6.04 Å². The van der Waals surface area contributed by atoms with Crippen LogP contribution in [0.1, 0.15) is 30.7 Å². The van der Waals surface area contributed by atoms with E-state index in [0.29, 0.717) is 5.69 Å². The van der Waals surface area contributed by atoms with Crippen LogP contribution in [0.25, 0.3) is 6.08 Å². The molecule has 0 saturated carbocycles. The van der Waals surface area contributed by atoms with Gasteiger partial charge in [-0.2, -0.15) is 0 Å². The maximum absolute atomic E-state index is 12.9. The van der Waals surface area contributed by atoms with Crippen LogP contribution in [-0.4, -0.2) is 50.4 Å². The summed E-state index contributed by atoms with van der Waals surface area (Å²) >= 11 is 3.06. The van der Waals surface area contributed by atoms with E-state index in [9.17, 15) is 28.9 Å². The second-order valence-electron chi connectivity index (χ2n) is 9.25. The minimum absolute atomic E-state index is 0.0746. The number of H-pyrrole nitrogens is 1. The molecule has 1 saturated heterocycles. The summed E-state index contributed by atoms with van der Waals surface area (Å²) in [5.41, 5.74) is 0.121. The van der Waals surface area contributed by atoms with Gasteiger partial charge >= 0.3 is 19.5 Å². The number of phosphoric acid groups is 1. The number of aromatic amines is 1. The van der Waals surface area contributed by atoms with E-state index in [1.54, 1.807) is 30.3 Å². The van der Waals surface area contributed by atoms with Crippen LogP contribution >= 0.6 is 23.8 Å². The third kappa shape index (κ3) is 8.13. The number of hydrogen-bond donors (Lipinski definition) is 3. The van der Waals surface area contributed by atoms with E-state index in [-0.39, 0.29) is 18.6 Å². The molecule has 0 aliphatic carbocycles. The number of aliphatic hydroxyl groups excluding tert-OH is 1. The molecular formula is C27H29BrN3O10P. The predicted octanol–water partition coefficient (Wildman–Crippen LogP) is 3.24. The lowest BCUT2D eigenvalue weighted by atomic mass is 10.2. The van der Waals surface area contributed by atoms with Crippen LogP contribution in [0.4, 0.5) is 5.69 Å². The Kier molecular flexibility index (Phi) is 10.7. The lowest BCUT2D eigenvalue weighted by Crippen LogP contribution is -2.40. The fraction of sp³-hybridized carbons (Fsp3) is 0.296. The Hall–Kier alpha value is -3.36. The number of halogens is 1. The van der Waals surface area contributed by atoms with Crippen molar-refractivity contribution in [1.82, 2.24) is 9.55 Å². The molecule has 2 aromatic carbocycles. The van der Waals surface area contributed by atoms with Gasteiger partial charge < -0.3 is 14.4 Å². The van der Waals surface area contributed by atoms with E-state index in [2.05, 4.69) is 20.9 Å². The minimum atomic E-state index is -4.97. The number of nitrogens with one attached hydrogen (secondary N) is 1. The number of carbonyl (C=O) groups excluding carboxylic acids is 1. The van der Waals surface area contributed by atoms with Crippen LogP contribution in [0.3, 0.4) is 0 Å². The van der Waals surface area contributed by atoms with Crippen molar-refractivity contribution in [2.75, 3.05) is 11.7 Å². The number of rotatable bonds is 12. The van der Waals surface area contributed by atoms with Crippen LogP contribution in [0.2, 0.25) is 0 Å². The van der Waals surface area contributed by atoms with Gasteiger partial charge in [0.25, 0.3) is 5.56 Å². The van der Waals surface area contributed by atoms with E-state index in [4.69, 9.17) is 18.6 Å². The van der Waals surface area contributed by atoms with Gasteiger partial charge in [-0.3, -0.25) is 28.6 Å². The largest absolute Gasteiger partial charge is 0.529 e. The zero-order chi connectivity index (χ0) is 30.3. The van der Waals surface area contributed by atoms with Crippen LogP contribution in [0, 0.1) is 0 Å². The Morgan fingerprint density at radius 2 is 1.88 bits per heavy atom. The van der Waals surface area contributed by atoms with Crippen LogP contribution in [0.5, 0.6) is 0 Å². The third-order valence-electron chi connectivity index (χ3n) is 6.28. The number of anilines is 1. The number of ether oxygens (including phenoxy) is 1. The fourth-order valence-corrected chi connectivity index (χ4v) is 5.17. The molecule has 13 nitrogen and oxygen atoms in total. The number of phosphoric ester groups is 1. The van der Waals surface area contributed by atoms with Gasteiger partial charge in [-0.25, -0.2) is 19.2 Å². The highest BCUT2D eigenvalue weighted by atomic mass is 79.9. The molecule has 1 aromatic heterocycles. The first-order valence-corrected chi connectivity index (χ1v) is 15.2. The molecule has 2 heterocycles. The highest BCUT2D eigenvalue weighted by Gasteiger charge is 2.39. The number of para-hydroxylation sites is 1. The number of hydrogen-bond acceptors (Lipinski definition) is 10. The molecule has 42 heavy (non-hydrogen) atoms. The Morgan fingerprint density at radius 3 is 2.55 bits per heavy atom. The summed E-state index contributed by atoms with van der Waals surface area (Å²) in [6, 6.07) is 16.7. The maximum atomic E-state index is 12.9. The van der Waals surface area contributed by atoms with Crippen molar-refractivity contribution in [3.05, 3.63) is 104 Å². The number of carbonyl (C=O) groups is 1. The molecule has 3 aromatic rings. The lowest BCUT2D eigenvalue weighted by molar-refractivity contribution is -0.140. The lowest BCUT2D eigenvalue weighted by Gasteiger charge is -2.29. The van der Waals surface area contributed by atoms with E-state index in [0.717, 1.165) is 10.1 Å². The average molecular weight is 666 g/mol. The molecule has 224 valence electrons. The topological polar surface area (TPSA) is 170 Å². The third-order valence-corrected chi connectivity index (χ3v) is 7.43. The first-order valence-electron chi connectivity index (χ1n) is 12.8. The first-order chi connectivity index (χ1) is 20.1. The van der Waals surface area contributed by atoms with Gasteiger partial charge in [-0.05, 0) is 35.7 Å². The molecule has 1 unspecified atom stereocenters. The quantitative estimate of drug-likeness (QED) is 0.192. The Bertz CT molecular complexity index is 1550. The summed E-state index contributed by atoms with van der Waals surface area (Å²) in [7, 11) is -4.97. The van der Waals surface area contributed by atoms with Crippen molar-refractivity contribution in [2.24, 2.45) is 0 Å². The smallest absolute Gasteiger partial charge is 0.390 e. The number of hydroxylamine groups is 1. The second-order valence-corrected chi connectivity index (χ2v) is 11.2. The average Bonchev–Trinajstić information content (AvgIpc) is 3.34. The number of aliphatic hydroxyl groups is 1. The molecule has 0 spiro atoms.